The number of nitrogens with one attached hydrogen (secondary N) is 2. The van der Waals surface area contributed by atoms with E-state index in [1.807, 2.05) is 0 Å². The molecule has 4 nitrogen and oxygen atoms in total. The van der Waals surface area contributed by atoms with Crippen molar-refractivity contribution in [1.82, 2.24) is 4.98 Å². The van der Waals surface area contributed by atoms with Crippen molar-refractivity contribution in [2.24, 2.45) is 0 Å². The maximum Gasteiger partial charge on any atom is 0.324 e. The number of benzene rings is 1. The molecule has 2 rings (SSSR count). The van der Waals surface area contributed by atoms with Gasteiger partial charge in [-0.25, -0.2) is 9.78 Å². The van der Waals surface area contributed by atoms with Crippen LogP contribution in [0.2, 0.25) is 5.02 Å². The van der Waals surface area contributed by atoms with E-state index in [1.165, 1.54) is 0 Å². The molecule has 0 unspecified atom stereocenters. The molecule has 0 radical (unpaired) electrons. The lowest BCUT2D eigenvalue weighted by molar-refractivity contribution is 0.262. The Balaban J connectivity index is 2.01. The van der Waals surface area contributed by atoms with Crippen LogP contribution in [0.5, 0.6) is 0 Å². The highest BCUT2D eigenvalue weighted by molar-refractivity contribution is 9.10. The third-order valence-corrected chi connectivity index (χ3v) is 2.77. The van der Waals surface area contributed by atoms with Crippen LogP contribution < -0.4 is 10.6 Å². The minimum atomic E-state index is -0.372. The molecular formula is C12H9BrClN3O. The number of halogens is 2. The quantitative estimate of drug-likeness (QED) is 0.871. The van der Waals surface area contributed by atoms with Crippen LogP contribution in [0.4, 0.5) is 16.3 Å². The Morgan fingerprint density at radius 3 is 2.78 bits per heavy atom. The molecule has 1 aromatic carbocycles. The van der Waals surface area contributed by atoms with Gasteiger partial charge < -0.3 is 5.32 Å². The van der Waals surface area contributed by atoms with Crippen molar-refractivity contribution >= 4 is 45.1 Å². The second-order valence-electron chi connectivity index (χ2n) is 3.45. The second kappa shape index (κ2) is 5.84. The third-order valence-electron chi connectivity index (χ3n) is 2.05. The van der Waals surface area contributed by atoms with Gasteiger partial charge in [-0.15, -0.1) is 0 Å². The summed E-state index contributed by atoms with van der Waals surface area (Å²) in [5.74, 6) is 0.462. The van der Waals surface area contributed by atoms with E-state index in [-0.39, 0.29) is 6.03 Å². The van der Waals surface area contributed by atoms with Crippen molar-refractivity contribution in [2.45, 2.75) is 0 Å². The Morgan fingerprint density at radius 2 is 2.06 bits per heavy atom. The summed E-state index contributed by atoms with van der Waals surface area (Å²) in [7, 11) is 0. The maximum atomic E-state index is 11.7. The molecule has 1 heterocycles. The number of urea groups is 1. The molecule has 1 aromatic heterocycles. The van der Waals surface area contributed by atoms with E-state index in [1.54, 1.807) is 42.6 Å². The lowest BCUT2D eigenvalue weighted by atomic mass is 10.3. The van der Waals surface area contributed by atoms with Gasteiger partial charge in [0.15, 0.2) is 0 Å². The Labute approximate surface area is 118 Å². The average Bonchev–Trinajstić information content (AvgIpc) is 2.28. The minimum Gasteiger partial charge on any atom is -0.308 e. The highest BCUT2D eigenvalue weighted by atomic mass is 79.9. The fraction of sp³-hybridized carbons (Fsp3) is 0. The van der Waals surface area contributed by atoms with E-state index in [2.05, 4.69) is 31.5 Å². The molecule has 2 aromatic rings. The SMILES string of the molecule is O=C(Nc1cccc(Cl)c1)Nc1cc(Br)ccn1. The van der Waals surface area contributed by atoms with E-state index in [4.69, 9.17) is 11.6 Å². The maximum absolute atomic E-state index is 11.7. The van der Waals surface area contributed by atoms with Crippen molar-refractivity contribution in [3.05, 3.63) is 52.1 Å². The van der Waals surface area contributed by atoms with Gasteiger partial charge in [-0.2, -0.15) is 0 Å². The van der Waals surface area contributed by atoms with Crippen LogP contribution in [-0.4, -0.2) is 11.0 Å². The Bertz CT molecular complexity index is 527. The predicted molar refractivity (Wildman–Crippen MR) is 76.0 cm³/mol. The van der Waals surface area contributed by atoms with Crippen LogP contribution in [0.3, 0.4) is 0 Å². The smallest absolute Gasteiger partial charge is 0.308 e. The molecule has 0 aliphatic carbocycles. The van der Waals surface area contributed by atoms with Crippen LogP contribution in [0.25, 0.3) is 0 Å². The van der Waals surface area contributed by atoms with Gasteiger partial charge in [0.05, 0.1) is 0 Å². The number of amides is 2. The second-order valence-corrected chi connectivity index (χ2v) is 4.80. The van der Waals surface area contributed by atoms with Crippen LogP contribution in [-0.2, 0) is 0 Å². The molecule has 0 aliphatic heterocycles. The first-order valence-corrected chi connectivity index (χ1v) is 6.26. The highest BCUT2D eigenvalue weighted by Crippen LogP contribution is 2.16. The number of carbonyl (C=O) groups is 1. The molecule has 0 atom stereocenters. The van der Waals surface area contributed by atoms with Crippen molar-refractivity contribution in [3.8, 4) is 0 Å². The zero-order valence-corrected chi connectivity index (χ0v) is 11.5. The van der Waals surface area contributed by atoms with Gasteiger partial charge in [0, 0.05) is 21.4 Å². The highest BCUT2D eigenvalue weighted by Gasteiger charge is 2.04. The Kier molecular flexibility index (Phi) is 4.17. The summed E-state index contributed by atoms with van der Waals surface area (Å²) in [5, 5.41) is 5.84. The van der Waals surface area contributed by atoms with Crippen molar-refractivity contribution in [2.75, 3.05) is 10.6 Å². The molecule has 2 N–H and O–H groups in total. The molecule has 0 aliphatic rings. The normalized spacial score (nSPS) is 9.89. The van der Waals surface area contributed by atoms with Crippen LogP contribution in [0, 0.1) is 0 Å². The number of anilines is 2. The molecule has 0 fully saturated rings. The van der Waals surface area contributed by atoms with E-state index in [0.717, 1.165) is 4.47 Å². The topological polar surface area (TPSA) is 54.0 Å². The summed E-state index contributed by atoms with van der Waals surface area (Å²) in [6.07, 6.45) is 1.60. The Morgan fingerprint density at radius 1 is 1.22 bits per heavy atom. The minimum absolute atomic E-state index is 0.372. The fourth-order valence-corrected chi connectivity index (χ4v) is 1.84. The first-order valence-electron chi connectivity index (χ1n) is 5.08. The molecule has 2 amide bonds. The van der Waals surface area contributed by atoms with Gasteiger partial charge in [0.2, 0.25) is 0 Å². The fourth-order valence-electron chi connectivity index (χ4n) is 1.32. The number of aromatic nitrogens is 1. The number of hydrogen-bond acceptors (Lipinski definition) is 2. The van der Waals surface area contributed by atoms with Gasteiger partial charge in [0.1, 0.15) is 5.82 Å². The van der Waals surface area contributed by atoms with Crippen molar-refractivity contribution < 1.29 is 4.79 Å². The molecular weight excluding hydrogens is 318 g/mol. The van der Waals surface area contributed by atoms with Crippen molar-refractivity contribution in [1.29, 1.82) is 0 Å². The molecule has 6 heteroatoms. The summed E-state index contributed by atoms with van der Waals surface area (Å²) in [4.78, 5) is 15.7. The summed E-state index contributed by atoms with van der Waals surface area (Å²) < 4.78 is 0.843. The van der Waals surface area contributed by atoms with Crippen molar-refractivity contribution in [3.63, 3.8) is 0 Å². The van der Waals surface area contributed by atoms with Crippen LogP contribution in [0.15, 0.2) is 47.1 Å². The first kappa shape index (κ1) is 12.9. The first-order chi connectivity index (χ1) is 8.63. The summed E-state index contributed by atoms with van der Waals surface area (Å²) in [6, 6.07) is 10.0. The van der Waals surface area contributed by atoms with Crippen LogP contribution >= 0.6 is 27.5 Å². The monoisotopic (exact) mass is 325 g/mol. The third kappa shape index (κ3) is 3.72. The Hall–Kier alpha value is -1.59. The predicted octanol–water partition coefficient (Wildman–Crippen LogP) is 4.14. The number of rotatable bonds is 2. The van der Waals surface area contributed by atoms with E-state index in [0.29, 0.717) is 16.5 Å². The standard InChI is InChI=1S/C12H9BrClN3O/c13-8-4-5-15-11(6-8)17-12(18)16-10-3-1-2-9(14)7-10/h1-7H,(H2,15,16,17,18). The summed E-state index contributed by atoms with van der Waals surface area (Å²) >= 11 is 9.12. The van der Waals surface area contributed by atoms with Gasteiger partial charge in [0.25, 0.3) is 0 Å². The number of pyridine rings is 1. The van der Waals surface area contributed by atoms with Gasteiger partial charge in [-0.1, -0.05) is 33.6 Å². The van der Waals surface area contributed by atoms with Gasteiger partial charge in [-0.05, 0) is 30.3 Å². The number of nitrogens with zero attached hydrogens (tertiary/aromatic N) is 1. The molecule has 0 bridgehead atoms. The lowest BCUT2D eigenvalue weighted by Gasteiger charge is -2.07. The van der Waals surface area contributed by atoms with E-state index >= 15 is 0 Å². The zero-order valence-electron chi connectivity index (χ0n) is 9.15. The summed E-state index contributed by atoms with van der Waals surface area (Å²) in [6.45, 7) is 0. The molecule has 0 saturated carbocycles. The molecule has 92 valence electrons. The molecule has 18 heavy (non-hydrogen) atoms. The lowest BCUT2D eigenvalue weighted by Crippen LogP contribution is -2.19. The summed E-state index contributed by atoms with van der Waals surface area (Å²) in [5.41, 5.74) is 0.620. The van der Waals surface area contributed by atoms with Gasteiger partial charge in [-0.3, -0.25) is 5.32 Å². The largest absolute Gasteiger partial charge is 0.324 e. The zero-order chi connectivity index (χ0) is 13.0. The van der Waals surface area contributed by atoms with Gasteiger partial charge >= 0.3 is 6.03 Å². The van der Waals surface area contributed by atoms with E-state index in [9.17, 15) is 4.79 Å². The van der Waals surface area contributed by atoms with E-state index < -0.39 is 0 Å². The molecule has 0 spiro atoms. The van der Waals surface area contributed by atoms with Crippen LogP contribution in [0.1, 0.15) is 0 Å². The average molecular weight is 327 g/mol. The number of carbonyl (C=O) groups excluding carboxylic acids is 1. The number of hydrogen-bond donors (Lipinski definition) is 2. The molecule has 0 saturated heterocycles.